The van der Waals surface area contributed by atoms with Crippen molar-refractivity contribution in [3.05, 3.63) is 11.1 Å². The van der Waals surface area contributed by atoms with E-state index in [1.54, 1.807) is 0 Å². The normalized spacial score (nSPS) is 46.8. The van der Waals surface area contributed by atoms with Crippen molar-refractivity contribution in [2.24, 2.45) is 16.2 Å². The Balaban J connectivity index is 2.66. The van der Waals surface area contributed by atoms with Gasteiger partial charge in [0.25, 0.3) is 0 Å². The number of fused-ring (bicyclic) bond motifs is 1. The first-order valence-corrected chi connectivity index (χ1v) is 4.95. The summed E-state index contributed by atoms with van der Waals surface area (Å²) in [6.45, 7) is 12.9. The molecule has 0 aromatic carbocycles. The van der Waals surface area contributed by atoms with Gasteiger partial charge in [-0.15, -0.1) is 0 Å². The van der Waals surface area contributed by atoms with E-state index in [0.29, 0.717) is 5.78 Å². The van der Waals surface area contributed by atoms with Gasteiger partial charge in [0.2, 0.25) is 0 Å². The van der Waals surface area contributed by atoms with Crippen LogP contribution in [-0.2, 0) is 4.79 Å². The van der Waals surface area contributed by atoms with E-state index >= 15 is 0 Å². The average Bonchev–Trinajstić information content (AvgIpc) is 2.36. The van der Waals surface area contributed by atoms with Gasteiger partial charge in [0.05, 0.1) is 0 Å². The van der Waals surface area contributed by atoms with Crippen LogP contribution in [0.25, 0.3) is 0 Å². The zero-order valence-corrected chi connectivity index (χ0v) is 9.41. The molecular formula is C12H18O. The fourth-order valence-electron chi connectivity index (χ4n) is 3.62. The van der Waals surface area contributed by atoms with Crippen LogP contribution in [-0.4, -0.2) is 5.78 Å². The maximum absolute atomic E-state index is 12.0. The summed E-state index contributed by atoms with van der Waals surface area (Å²) in [6.07, 6.45) is 0. The van der Waals surface area contributed by atoms with E-state index in [-0.39, 0.29) is 16.2 Å². The second-order valence-electron chi connectivity index (χ2n) is 5.45. The molecule has 1 nitrogen and oxygen atoms in total. The summed E-state index contributed by atoms with van der Waals surface area (Å²) in [7, 11) is 0. The molecule has 0 aliphatic heterocycles. The van der Waals surface area contributed by atoms with Gasteiger partial charge in [0, 0.05) is 10.8 Å². The molecule has 2 rings (SSSR count). The Kier molecular flexibility index (Phi) is 1.23. The van der Waals surface area contributed by atoms with E-state index < -0.39 is 0 Å². The molecule has 2 atom stereocenters. The third-order valence-corrected chi connectivity index (χ3v) is 5.54. The lowest BCUT2D eigenvalue weighted by molar-refractivity contribution is -0.120. The summed E-state index contributed by atoms with van der Waals surface area (Å²) in [6, 6.07) is 0. The molecule has 2 aliphatic rings. The van der Waals surface area contributed by atoms with Crippen molar-refractivity contribution in [2.75, 3.05) is 0 Å². The van der Waals surface area contributed by atoms with Gasteiger partial charge in [0.15, 0.2) is 5.78 Å². The summed E-state index contributed by atoms with van der Waals surface area (Å²) in [5.74, 6) is 0.373. The molecule has 1 saturated carbocycles. The highest BCUT2D eigenvalue weighted by atomic mass is 16.1. The zero-order valence-electron chi connectivity index (χ0n) is 9.41. The quantitative estimate of drug-likeness (QED) is 0.557. The number of carbonyl (C=O) groups excluding carboxylic acids is 1. The van der Waals surface area contributed by atoms with Crippen LogP contribution in [0, 0.1) is 16.2 Å². The minimum Gasteiger partial charge on any atom is -0.294 e. The lowest BCUT2D eigenvalue weighted by Gasteiger charge is -2.16. The molecule has 72 valence electrons. The summed E-state index contributed by atoms with van der Waals surface area (Å²) in [4.78, 5) is 12.0. The van der Waals surface area contributed by atoms with Gasteiger partial charge in [0.1, 0.15) is 0 Å². The second kappa shape index (κ2) is 1.77. The molecule has 2 aliphatic carbocycles. The van der Waals surface area contributed by atoms with Crippen molar-refractivity contribution in [1.29, 1.82) is 0 Å². The maximum Gasteiger partial charge on any atom is 0.165 e. The second-order valence-corrected chi connectivity index (χ2v) is 5.45. The van der Waals surface area contributed by atoms with Crippen LogP contribution in [0.15, 0.2) is 11.1 Å². The van der Waals surface area contributed by atoms with Crippen LogP contribution in [0.2, 0.25) is 0 Å². The van der Waals surface area contributed by atoms with E-state index in [2.05, 4.69) is 34.6 Å². The molecule has 0 aromatic heterocycles. The van der Waals surface area contributed by atoms with E-state index in [1.165, 1.54) is 5.57 Å². The lowest BCUT2D eigenvalue weighted by Crippen LogP contribution is -2.17. The Bertz CT molecular complexity index is 348. The summed E-state index contributed by atoms with van der Waals surface area (Å²) in [5, 5.41) is 0. The smallest absolute Gasteiger partial charge is 0.165 e. The van der Waals surface area contributed by atoms with E-state index in [1.807, 2.05) is 6.92 Å². The van der Waals surface area contributed by atoms with Gasteiger partial charge >= 0.3 is 0 Å². The van der Waals surface area contributed by atoms with Crippen molar-refractivity contribution in [3.8, 4) is 0 Å². The van der Waals surface area contributed by atoms with Crippen LogP contribution in [0.4, 0.5) is 0 Å². The van der Waals surface area contributed by atoms with Crippen molar-refractivity contribution in [1.82, 2.24) is 0 Å². The molecule has 0 saturated heterocycles. The predicted molar refractivity (Wildman–Crippen MR) is 53.4 cm³/mol. The molecular weight excluding hydrogens is 160 g/mol. The summed E-state index contributed by atoms with van der Waals surface area (Å²) < 4.78 is 0. The highest BCUT2D eigenvalue weighted by Gasteiger charge is 2.83. The summed E-state index contributed by atoms with van der Waals surface area (Å²) in [5.41, 5.74) is 2.48. The zero-order chi connectivity index (χ0) is 10.2. The number of hydrogen-bond acceptors (Lipinski definition) is 1. The maximum atomic E-state index is 12.0. The lowest BCUT2D eigenvalue weighted by atomic mass is 9.87. The van der Waals surface area contributed by atoms with Gasteiger partial charge in [-0.2, -0.15) is 0 Å². The minimum atomic E-state index is -0.117. The van der Waals surface area contributed by atoms with Gasteiger partial charge in [-0.3, -0.25) is 4.79 Å². The number of Topliss-reactive ketones (excluding diaryl/α,β-unsaturated/α-hetero) is 1. The van der Waals surface area contributed by atoms with Crippen LogP contribution in [0.3, 0.4) is 0 Å². The highest BCUT2D eigenvalue weighted by molar-refractivity contribution is 6.08. The SMILES string of the molecule is CC1=C(C)[C@]2(C)C(C)(C)[C@]2(C)C1=O. The van der Waals surface area contributed by atoms with E-state index in [0.717, 1.165) is 5.57 Å². The van der Waals surface area contributed by atoms with Crippen molar-refractivity contribution in [3.63, 3.8) is 0 Å². The first-order valence-electron chi connectivity index (χ1n) is 4.95. The molecule has 0 spiro atoms. The molecule has 0 amide bonds. The Morgan fingerprint density at radius 1 is 0.923 bits per heavy atom. The summed E-state index contributed by atoms with van der Waals surface area (Å²) >= 11 is 0. The molecule has 13 heavy (non-hydrogen) atoms. The van der Waals surface area contributed by atoms with Gasteiger partial charge < -0.3 is 0 Å². The van der Waals surface area contributed by atoms with Crippen LogP contribution >= 0.6 is 0 Å². The molecule has 0 heterocycles. The molecule has 1 heteroatoms. The predicted octanol–water partition coefficient (Wildman–Crippen LogP) is 2.96. The number of rotatable bonds is 0. The highest BCUT2D eigenvalue weighted by Crippen LogP contribution is 2.84. The molecule has 0 N–H and O–H groups in total. The third-order valence-electron chi connectivity index (χ3n) is 5.54. The first-order chi connectivity index (χ1) is 5.73. The van der Waals surface area contributed by atoms with Crippen LogP contribution < -0.4 is 0 Å². The van der Waals surface area contributed by atoms with Gasteiger partial charge in [-0.1, -0.05) is 33.3 Å². The first kappa shape index (κ1) is 8.98. The Labute approximate surface area is 80.2 Å². The fraction of sp³-hybridized carbons (Fsp3) is 0.750. The van der Waals surface area contributed by atoms with Crippen LogP contribution in [0.1, 0.15) is 41.5 Å². The minimum absolute atomic E-state index is 0.117. The number of carbonyl (C=O) groups is 1. The Morgan fingerprint density at radius 2 is 1.38 bits per heavy atom. The van der Waals surface area contributed by atoms with E-state index in [4.69, 9.17) is 0 Å². The topological polar surface area (TPSA) is 17.1 Å². The Hall–Kier alpha value is -0.590. The van der Waals surface area contributed by atoms with Crippen molar-refractivity contribution in [2.45, 2.75) is 41.5 Å². The molecule has 0 radical (unpaired) electrons. The number of ketones is 1. The molecule has 0 aromatic rings. The monoisotopic (exact) mass is 178 g/mol. The number of allylic oxidation sites excluding steroid dienone is 2. The third kappa shape index (κ3) is 0.512. The molecule has 0 unspecified atom stereocenters. The fourth-order valence-corrected chi connectivity index (χ4v) is 3.62. The number of hydrogen-bond donors (Lipinski definition) is 0. The van der Waals surface area contributed by atoms with Gasteiger partial charge in [-0.25, -0.2) is 0 Å². The van der Waals surface area contributed by atoms with Crippen molar-refractivity contribution < 1.29 is 4.79 Å². The molecule has 1 fully saturated rings. The van der Waals surface area contributed by atoms with Crippen LogP contribution in [0.5, 0.6) is 0 Å². The standard InChI is InChI=1S/C12H18O/c1-7-8(2)11(5)10(3,4)12(11,6)9(7)13/h1-6H3/t11-,12+/m1/s1. The molecule has 0 bridgehead atoms. The van der Waals surface area contributed by atoms with E-state index in [9.17, 15) is 4.79 Å². The van der Waals surface area contributed by atoms with Gasteiger partial charge in [-0.05, 0) is 24.8 Å². The largest absolute Gasteiger partial charge is 0.294 e. The average molecular weight is 178 g/mol. The van der Waals surface area contributed by atoms with Crippen molar-refractivity contribution >= 4 is 5.78 Å². The Morgan fingerprint density at radius 3 is 1.62 bits per heavy atom.